The Hall–Kier alpha value is -1.89. The van der Waals surface area contributed by atoms with Crippen molar-refractivity contribution in [3.05, 3.63) is 17.5 Å². The molecule has 1 N–H and O–H groups in total. The Bertz CT molecular complexity index is 518. The number of hydrogen-bond acceptors (Lipinski definition) is 4. The van der Waals surface area contributed by atoms with Crippen LogP contribution < -0.4 is 0 Å². The molecule has 1 aromatic heterocycles. The second-order valence-corrected chi connectivity index (χ2v) is 5.18. The van der Waals surface area contributed by atoms with Gasteiger partial charge in [0.25, 0.3) is 5.91 Å². The number of aliphatic carboxylic acids is 1. The molecule has 0 saturated carbocycles. The van der Waals surface area contributed by atoms with Gasteiger partial charge in [-0.3, -0.25) is 9.48 Å². The van der Waals surface area contributed by atoms with Crippen molar-refractivity contribution < 1.29 is 19.4 Å². The lowest BCUT2D eigenvalue weighted by Gasteiger charge is -2.31. The van der Waals surface area contributed by atoms with Gasteiger partial charge in [-0.05, 0) is 32.8 Å². The average Bonchev–Trinajstić information content (AvgIpc) is 2.86. The minimum Gasteiger partial charge on any atom is -0.480 e. The molecule has 2 heterocycles. The lowest BCUT2D eigenvalue weighted by atomic mass is 10.1. The van der Waals surface area contributed by atoms with E-state index in [1.165, 1.54) is 0 Å². The Kier molecular flexibility index (Phi) is 4.95. The van der Waals surface area contributed by atoms with Gasteiger partial charge in [-0.1, -0.05) is 0 Å². The van der Waals surface area contributed by atoms with Crippen molar-refractivity contribution in [1.29, 1.82) is 0 Å². The second kappa shape index (κ2) is 6.71. The molecule has 1 aliphatic heterocycles. The van der Waals surface area contributed by atoms with E-state index in [1.807, 2.05) is 13.8 Å². The van der Waals surface area contributed by atoms with Crippen LogP contribution in [0.15, 0.2) is 6.07 Å². The van der Waals surface area contributed by atoms with Crippen LogP contribution in [-0.2, 0) is 16.1 Å². The van der Waals surface area contributed by atoms with Gasteiger partial charge in [0.1, 0.15) is 12.3 Å². The largest absolute Gasteiger partial charge is 0.480 e. The van der Waals surface area contributed by atoms with Gasteiger partial charge < -0.3 is 14.7 Å². The van der Waals surface area contributed by atoms with Crippen molar-refractivity contribution in [2.45, 2.75) is 39.3 Å². The van der Waals surface area contributed by atoms with Crippen molar-refractivity contribution in [3.63, 3.8) is 0 Å². The third-order valence-electron chi connectivity index (χ3n) is 3.59. The molecule has 0 bridgehead atoms. The molecule has 7 heteroatoms. The molecule has 0 spiro atoms. The van der Waals surface area contributed by atoms with Gasteiger partial charge in [-0.2, -0.15) is 5.10 Å². The first-order chi connectivity index (χ1) is 10.0. The number of amides is 1. The third kappa shape index (κ3) is 3.81. The van der Waals surface area contributed by atoms with E-state index < -0.39 is 5.97 Å². The molecule has 0 radical (unpaired) electrons. The Morgan fingerprint density at radius 1 is 1.43 bits per heavy atom. The maximum absolute atomic E-state index is 12.5. The molecular weight excluding hydrogens is 274 g/mol. The van der Waals surface area contributed by atoms with Crippen LogP contribution in [0.25, 0.3) is 0 Å². The van der Waals surface area contributed by atoms with E-state index in [0.29, 0.717) is 38.2 Å². The van der Waals surface area contributed by atoms with Crippen LogP contribution in [0, 0.1) is 6.92 Å². The number of likely N-dealkylation sites (tertiary alicyclic amines) is 1. The van der Waals surface area contributed by atoms with Crippen molar-refractivity contribution in [1.82, 2.24) is 14.7 Å². The zero-order chi connectivity index (χ0) is 15.4. The maximum Gasteiger partial charge on any atom is 0.329 e. The predicted molar refractivity (Wildman–Crippen MR) is 75.2 cm³/mol. The highest BCUT2D eigenvalue weighted by molar-refractivity contribution is 5.92. The fraction of sp³-hybridized carbons (Fsp3) is 0.643. The summed E-state index contributed by atoms with van der Waals surface area (Å²) in [6, 6.07) is 1.80. The molecule has 1 saturated heterocycles. The van der Waals surface area contributed by atoms with Crippen LogP contribution in [0.4, 0.5) is 0 Å². The number of aromatic nitrogens is 2. The Morgan fingerprint density at radius 2 is 2.10 bits per heavy atom. The van der Waals surface area contributed by atoms with Crippen molar-refractivity contribution in [2.75, 3.05) is 19.7 Å². The minimum atomic E-state index is -0.962. The number of hydrogen-bond donors (Lipinski definition) is 1. The van der Waals surface area contributed by atoms with Gasteiger partial charge in [-0.15, -0.1) is 0 Å². The second-order valence-electron chi connectivity index (χ2n) is 5.18. The standard InChI is InChI=1S/C14H21N3O4/c1-3-17-12(8-10(2)15-17)14(20)16-6-4-11(5-7-16)21-9-13(18)19/h8,11H,3-7,9H2,1-2H3,(H,18,19). The highest BCUT2D eigenvalue weighted by atomic mass is 16.5. The maximum atomic E-state index is 12.5. The first-order valence-electron chi connectivity index (χ1n) is 7.18. The number of ether oxygens (including phenoxy) is 1. The fourth-order valence-corrected chi connectivity index (χ4v) is 2.54. The molecular formula is C14H21N3O4. The van der Waals surface area contributed by atoms with Crippen LogP contribution >= 0.6 is 0 Å². The lowest BCUT2D eigenvalue weighted by molar-refractivity contribution is -0.145. The molecule has 116 valence electrons. The minimum absolute atomic E-state index is 0.0193. The Balaban J connectivity index is 1.92. The fourth-order valence-electron chi connectivity index (χ4n) is 2.54. The summed E-state index contributed by atoms with van der Waals surface area (Å²) in [6.45, 7) is 5.37. The number of aryl methyl sites for hydroxylation is 2. The molecule has 7 nitrogen and oxygen atoms in total. The summed E-state index contributed by atoms with van der Waals surface area (Å²) < 4.78 is 6.99. The summed E-state index contributed by atoms with van der Waals surface area (Å²) in [4.78, 5) is 24.7. The predicted octanol–water partition coefficient (Wildman–Crippen LogP) is 0.917. The lowest BCUT2D eigenvalue weighted by Crippen LogP contribution is -2.42. The molecule has 1 fully saturated rings. The average molecular weight is 295 g/mol. The zero-order valence-corrected chi connectivity index (χ0v) is 12.4. The van der Waals surface area contributed by atoms with E-state index in [-0.39, 0.29) is 18.6 Å². The van der Waals surface area contributed by atoms with Crippen LogP contribution in [0.5, 0.6) is 0 Å². The molecule has 1 aromatic rings. The first-order valence-corrected chi connectivity index (χ1v) is 7.18. The number of carbonyl (C=O) groups is 2. The number of nitrogens with zero attached hydrogens (tertiary/aromatic N) is 3. The summed E-state index contributed by atoms with van der Waals surface area (Å²) in [5, 5.41) is 12.9. The highest BCUT2D eigenvalue weighted by Gasteiger charge is 2.26. The number of carboxylic acids is 1. The third-order valence-corrected chi connectivity index (χ3v) is 3.59. The number of piperidine rings is 1. The van der Waals surface area contributed by atoms with Gasteiger partial charge in [0.05, 0.1) is 11.8 Å². The molecule has 21 heavy (non-hydrogen) atoms. The normalized spacial score (nSPS) is 16.2. The summed E-state index contributed by atoms with van der Waals surface area (Å²) in [5.41, 5.74) is 1.44. The van der Waals surface area contributed by atoms with Crippen molar-refractivity contribution in [2.24, 2.45) is 0 Å². The SMILES string of the molecule is CCn1nc(C)cc1C(=O)N1CCC(OCC(=O)O)CC1. The quantitative estimate of drug-likeness (QED) is 0.873. The van der Waals surface area contributed by atoms with E-state index in [2.05, 4.69) is 5.10 Å². The van der Waals surface area contributed by atoms with Crippen LogP contribution in [0.3, 0.4) is 0 Å². The molecule has 0 aromatic carbocycles. The van der Waals surface area contributed by atoms with E-state index >= 15 is 0 Å². The number of carboxylic acid groups (broad SMARTS) is 1. The topological polar surface area (TPSA) is 84.7 Å². The van der Waals surface area contributed by atoms with Crippen molar-refractivity contribution >= 4 is 11.9 Å². The first kappa shape index (κ1) is 15.5. The monoisotopic (exact) mass is 295 g/mol. The van der Waals surface area contributed by atoms with Gasteiger partial charge in [0.2, 0.25) is 0 Å². The van der Waals surface area contributed by atoms with Gasteiger partial charge in [-0.25, -0.2) is 4.79 Å². The van der Waals surface area contributed by atoms with Crippen LogP contribution in [-0.4, -0.2) is 57.5 Å². The summed E-state index contributed by atoms with van der Waals surface area (Å²) in [5.74, 6) is -0.982. The van der Waals surface area contributed by atoms with Crippen LogP contribution in [0.1, 0.15) is 35.9 Å². The van der Waals surface area contributed by atoms with E-state index in [4.69, 9.17) is 9.84 Å². The number of carbonyl (C=O) groups excluding carboxylic acids is 1. The molecule has 1 aliphatic rings. The summed E-state index contributed by atoms with van der Waals surface area (Å²) >= 11 is 0. The Labute approximate surface area is 123 Å². The molecule has 0 atom stereocenters. The molecule has 2 rings (SSSR count). The van der Waals surface area contributed by atoms with E-state index in [1.54, 1.807) is 15.6 Å². The Morgan fingerprint density at radius 3 is 2.67 bits per heavy atom. The molecule has 0 aliphatic carbocycles. The van der Waals surface area contributed by atoms with Gasteiger partial charge >= 0.3 is 5.97 Å². The van der Waals surface area contributed by atoms with Gasteiger partial charge in [0, 0.05) is 19.6 Å². The molecule has 1 amide bonds. The van der Waals surface area contributed by atoms with E-state index in [0.717, 1.165) is 5.69 Å². The highest BCUT2D eigenvalue weighted by Crippen LogP contribution is 2.17. The summed E-state index contributed by atoms with van der Waals surface area (Å²) in [7, 11) is 0. The molecule has 0 unspecified atom stereocenters. The number of rotatable bonds is 5. The van der Waals surface area contributed by atoms with E-state index in [9.17, 15) is 9.59 Å². The zero-order valence-electron chi connectivity index (χ0n) is 12.4. The summed E-state index contributed by atoms with van der Waals surface area (Å²) in [6.07, 6.45) is 1.25. The van der Waals surface area contributed by atoms with Crippen LogP contribution in [0.2, 0.25) is 0 Å². The van der Waals surface area contributed by atoms with Gasteiger partial charge in [0.15, 0.2) is 0 Å². The smallest absolute Gasteiger partial charge is 0.329 e. The van der Waals surface area contributed by atoms with Crippen molar-refractivity contribution in [3.8, 4) is 0 Å².